The highest BCUT2D eigenvalue weighted by Gasteiger charge is 2.16. The van der Waals surface area contributed by atoms with Crippen LogP contribution in [0.5, 0.6) is 0 Å². The first-order valence-corrected chi connectivity index (χ1v) is 6.66. The molecule has 2 rings (SSSR count). The molecule has 2 unspecified atom stereocenters. The van der Waals surface area contributed by atoms with Crippen LogP contribution in [0.3, 0.4) is 0 Å². The maximum atomic E-state index is 11.8. The summed E-state index contributed by atoms with van der Waals surface area (Å²) in [5, 5.41) is 10.5. The molecule has 6 heteroatoms. The van der Waals surface area contributed by atoms with Gasteiger partial charge in [0, 0.05) is 31.3 Å². The van der Waals surface area contributed by atoms with Gasteiger partial charge in [-0.3, -0.25) is 9.48 Å². The number of nitrogens with one attached hydrogen (secondary N) is 2. The van der Waals surface area contributed by atoms with Gasteiger partial charge in [-0.05, 0) is 32.7 Å². The third kappa shape index (κ3) is 4.84. The van der Waals surface area contributed by atoms with Crippen molar-refractivity contribution < 1.29 is 4.79 Å². The molecule has 0 aromatic carbocycles. The average Bonchev–Trinajstić information content (AvgIpc) is 2.97. The molecule has 2 N–H and O–H groups in total. The monoisotopic (exact) mass is 286 g/mol. The lowest BCUT2D eigenvalue weighted by Crippen LogP contribution is -2.29. The smallest absolute Gasteiger partial charge is 0.220 e. The number of hydrogen-bond donors (Lipinski definition) is 2. The molecule has 1 amide bonds. The van der Waals surface area contributed by atoms with Crippen LogP contribution in [0.4, 0.5) is 0 Å². The number of carbonyl (C=O) groups is 1. The van der Waals surface area contributed by atoms with Crippen LogP contribution in [0, 0.1) is 0 Å². The molecule has 19 heavy (non-hydrogen) atoms. The Balaban J connectivity index is 0.00000180. The number of rotatable bonds is 5. The van der Waals surface area contributed by atoms with E-state index in [0.29, 0.717) is 12.5 Å². The highest BCUT2D eigenvalue weighted by molar-refractivity contribution is 5.85. The molecule has 0 saturated carbocycles. The minimum Gasteiger partial charge on any atom is -0.349 e. The summed E-state index contributed by atoms with van der Waals surface area (Å²) in [6.45, 7) is 3.08. The molecule has 0 aliphatic carbocycles. The van der Waals surface area contributed by atoms with Crippen LogP contribution in [0.15, 0.2) is 12.4 Å². The topological polar surface area (TPSA) is 59.0 Å². The first kappa shape index (κ1) is 16.0. The number of hydrogen-bond acceptors (Lipinski definition) is 3. The maximum Gasteiger partial charge on any atom is 0.220 e. The number of aryl methyl sites for hydroxylation is 1. The minimum absolute atomic E-state index is 0. The number of halogens is 1. The van der Waals surface area contributed by atoms with Gasteiger partial charge in [0.2, 0.25) is 5.91 Å². The van der Waals surface area contributed by atoms with Crippen molar-refractivity contribution in [1.82, 2.24) is 20.4 Å². The third-order valence-electron chi connectivity index (χ3n) is 3.48. The van der Waals surface area contributed by atoms with E-state index in [0.717, 1.165) is 18.5 Å². The van der Waals surface area contributed by atoms with E-state index in [2.05, 4.69) is 15.7 Å². The standard InChI is InChI=1S/C13H22N4O.ClH/c1-10(11-8-15-17(2)9-11)16-13(18)6-5-12-4-3-7-14-12;/h8-10,12,14H,3-7H2,1-2H3,(H,16,18);1H. The van der Waals surface area contributed by atoms with Crippen molar-refractivity contribution in [2.75, 3.05) is 6.54 Å². The number of nitrogens with zero attached hydrogens (tertiary/aromatic N) is 2. The van der Waals surface area contributed by atoms with Crippen LogP contribution in [0.25, 0.3) is 0 Å². The normalized spacial score (nSPS) is 19.8. The summed E-state index contributed by atoms with van der Waals surface area (Å²) in [6.07, 6.45) is 7.70. The Labute approximate surface area is 120 Å². The predicted molar refractivity (Wildman–Crippen MR) is 77.3 cm³/mol. The Bertz CT molecular complexity index is 401. The molecule has 1 aromatic rings. The van der Waals surface area contributed by atoms with Gasteiger partial charge < -0.3 is 10.6 Å². The molecule has 1 fully saturated rings. The lowest BCUT2D eigenvalue weighted by molar-refractivity contribution is -0.121. The van der Waals surface area contributed by atoms with Gasteiger partial charge in [0.15, 0.2) is 0 Å². The van der Waals surface area contributed by atoms with E-state index in [1.807, 2.05) is 20.2 Å². The summed E-state index contributed by atoms with van der Waals surface area (Å²) >= 11 is 0. The zero-order chi connectivity index (χ0) is 13.0. The highest BCUT2D eigenvalue weighted by atomic mass is 35.5. The molecule has 2 heterocycles. The van der Waals surface area contributed by atoms with E-state index in [9.17, 15) is 4.79 Å². The summed E-state index contributed by atoms with van der Waals surface area (Å²) in [4.78, 5) is 11.8. The Morgan fingerprint density at radius 2 is 2.47 bits per heavy atom. The number of amides is 1. The predicted octanol–water partition coefficient (Wildman–Crippen LogP) is 1.55. The molecule has 0 bridgehead atoms. The molecular weight excluding hydrogens is 264 g/mol. The zero-order valence-electron chi connectivity index (χ0n) is 11.6. The molecule has 0 spiro atoms. The molecule has 0 radical (unpaired) electrons. The maximum absolute atomic E-state index is 11.8. The number of aromatic nitrogens is 2. The van der Waals surface area contributed by atoms with Gasteiger partial charge in [0.25, 0.3) is 0 Å². The molecule has 1 saturated heterocycles. The van der Waals surface area contributed by atoms with Crippen LogP contribution in [-0.2, 0) is 11.8 Å². The SMILES string of the molecule is CC(NC(=O)CCC1CCCN1)c1cnn(C)c1.Cl. The van der Waals surface area contributed by atoms with Crippen molar-refractivity contribution in [2.24, 2.45) is 7.05 Å². The fraction of sp³-hybridized carbons (Fsp3) is 0.692. The van der Waals surface area contributed by atoms with Crippen LogP contribution in [0.1, 0.15) is 44.2 Å². The Morgan fingerprint density at radius 3 is 3.05 bits per heavy atom. The Hall–Kier alpha value is -1.07. The van der Waals surface area contributed by atoms with Gasteiger partial charge in [0.05, 0.1) is 12.2 Å². The van der Waals surface area contributed by atoms with Crippen molar-refractivity contribution in [3.05, 3.63) is 18.0 Å². The Morgan fingerprint density at radius 1 is 1.68 bits per heavy atom. The quantitative estimate of drug-likeness (QED) is 0.863. The van der Waals surface area contributed by atoms with E-state index < -0.39 is 0 Å². The molecule has 1 aliphatic rings. The van der Waals surface area contributed by atoms with E-state index >= 15 is 0 Å². The average molecular weight is 287 g/mol. The summed E-state index contributed by atoms with van der Waals surface area (Å²) < 4.78 is 1.75. The van der Waals surface area contributed by atoms with Crippen molar-refractivity contribution >= 4 is 18.3 Å². The largest absolute Gasteiger partial charge is 0.349 e. The molecule has 1 aromatic heterocycles. The van der Waals surface area contributed by atoms with Gasteiger partial charge in [0.1, 0.15) is 0 Å². The fourth-order valence-corrected chi connectivity index (χ4v) is 2.37. The number of carbonyl (C=O) groups excluding carboxylic acids is 1. The van der Waals surface area contributed by atoms with Gasteiger partial charge in [-0.25, -0.2) is 0 Å². The third-order valence-corrected chi connectivity index (χ3v) is 3.48. The molecule has 108 valence electrons. The lowest BCUT2D eigenvalue weighted by Gasteiger charge is -2.14. The molecular formula is C13H23ClN4O. The summed E-state index contributed by atoms with van der Waals surface area (Å²) in [5.74, 6) is 0.125. The molecule has 1 aliphatic heterocycles. The van der Waals surface area contributed by atoms with Crippen molar-refractivity contribution in [3.8, 4) is 0 Å². The highest BCUT2D eigenvalue weighted by Crippen LogP contribution is 2.13. The van der Waals surface area contributed by atoms with Gasteiger partial charge in [-0.1, -0.05) is 0 Å². The summed E-state index contributed by atoms with van der Waals surface area (Å²) in [5.41, 5.74) is 1.05. The zero-order valence-corrected chi connectivity index (χ0v) is 12.4. The molecule has 2 atom stereocenters. The first-order chi connectivity index (χ1) is 8.65. The Kier molecular flexibility index (Phi) is 6.31. The van der Waals surface area contributed by atoms with E-state index in [1.165, 1.54) is 12.8 Å². The minimum atomic E-state index is 0. The summed E-state index contributed by atoms with van der Waals surface area (Å²) in [6, 6.07) is 0.562. The molecule has 5 nitrogen and oxygen atoms in total. The van der Waals surface area contributed by atoms with Gasteiger partial charge in [-0.15, -0.1) is 12.4 Å². The van der Waals surface area contributed by atoms with E-state index in [4.69, 9.17) is 0 Å². The second-order valence-electron chi connectivity index (χ2n) is 5.07. The van der Waals surface area contributed by atoms with Crippen LogP contribution in [0.2, 0.25) is 0 Å². The lowest BCUT2D eigenvalue weighted by atomic mass is 10.1. The van der Waals surface area contributed by atoms with Crippen molar-refractivity contribution in [2.45, 2.75) is 44.7 Å². The fourth-order valence-electron chi connectivity index (χ4n) is 2.37. The van der Waals surface area contributed by atoms with Crippen LogP contribution < -0.4 is 10.6 Å². The first-order valence-electron chi connectivity index (χ1n) is 6.66. The van der Waals surface area contributed by atoms with Crippen LogP contribution in [-0.4, -0.2) is 28.3 Å². The second-order valence-corrected chi connectivity index (χ2v) is 5.07. The van der Waals surface area contributed by atoms with Crippen molar-refractivity contribution in [1.29, 1.82) is 0 Å². The van der Waals surface area contributed by atoms with Gasteiger partial charge in [-0.2, -0.15) is 5.10 Å². The van der Waals surface area contributed by atoms with E-state index in [-0.39, 0.29) is 24.4 Å². The van der Waals surface area contributed by atoms with Gasteiger partial charge >= 0.3 is 0 Å². The summed E-state index contributed by atoms with van der Waals surface area (Å²) in [7, 11) is 1.88. The second kappa shape index (κ2) is 7.50. The van der Waals surface area contributed by atoms with Crippen molar-refractivity contribution in [3.63, 3.8) is 0 Å². The van der Waals surface area contributed by atoms with E-state index in [1.54, 1.807) is 10.9 Å². The van der Waals surface area contributed by atoms with Crippen LogP contribution >= 0.6 is 12.4 Å².